The molecule has 8 heteroatoms. The topological polar surface area (TPSA) is 105 Å². The van der Waals surface area contributed by atoms with E-state index in [9.17, 15) is 18.0 Å². The minimum atomic E-state index is -3.30. The molecule has 1 aromatic heterocycles. The Kier molecular flexibility index (Phi) is 5.84. The van der Waals surface area contributed by atoms with Crippen molar-refractivity contribution < 1.29 is 22.4 Å². The number of sulfone groups is 1. The standard InChI is InChI=1S/C21H20N2O5S/c1-3-29(26,27)17-10-8-16(9-11-17)22-20(24)15-7-6-14(2)18(13-15)23-21(25)19-5-4-12-28-19/h4-13H,3H2,1-2H3,(H,22,24)(H,23,25). The number of rotatable bonds is 6. The summed E-state index contributed by atoms with van der Waals surface area (Å²) >= 11 is 0. The van der Waals surface area contributed by atoms with Crippen LogP contribution in [0.5, 0.6) is 0 Å². The number of carbonyl (C=O) groups excluding carboxylic acids is 2. The summed E-state index contributed by atoms with van der Waals surface area (Å²) in [5.41, 5.74) is 2.08. The van der Waals surface area contributed by atoms with Crippen LogP contribution in [-0.4, -0.2) is 26.0 Å². The van der Waals surface area contributed by atoms with Crippen molar-refractivity contribution >= 4 is 33.0 Å². The predicted molar refractivity (Wildman–Crippen MR) is 110 cm³/mol. The quantitative estimate of drug-likeness (QED) is 0.639. The molecule has 0 aliphatic rings. The lowest BCUT2D eigenvalue weighted by Crippen LogP contribution is -2.15. The number of carbonyl (C=O) groups is 2. The maximum absolute atomic E-state index is 12.6. The molecule has 0 aliphatic heterocycles. The van der Waals surface area contributed by atoms with E-state index in [1.54, 1.807) is 37.3 Å². The molecule has 3 rings (SSSR count). The molecule has 0 aliphatic carbocycles. The highest BCUT2D eigenvalue weighted by atomic mass is 32.2. The number of aryl methyl sites for hydroxylation is 1. The van der Waals surface area contributed by atoms with E-state index in [-0.39, 0.29) is 22.3 Å². The van der Waals surface area contributed by atoms with E-state index in [1.807, 2.05) is 6.92 Å². The average molecular weight is 412 g/mol. The summed E-state index contributed by atoms with van der Waals surface area (Å²) in [6.45, 7) is 3.39. The molecule has 0 unspecified atom stereocenters. The second kappa shape index (κ2) is 8.32. The molecule has 3 aromatic rings. The molecule has 29 heavy (non-hydrogen) atoms. The van der Waals surface area contributed by atoms with Crippen molar-refractivity contribution in [3.8, 4) is 0 Å². The number of hydrogen-bond donors (Lipinski definition) is 2. The van der Waals surface area contributed by atoms with Crippen LogP contribution < -0.4 is 10.6 Å². The molecule has 0 bridgehead atoms. The maximum atomic E-state index is 12.6. The van der Waals surface area contributed by atoms with Crippen LogP contribution >= 0.6 is 0 Å². The Morgan fingerprint density at radius 2 is 1.69 bits per heavy atom. The number of hydrogen-bond acceptors (Lipinski definition) is 5. The summed E-state index contributed by atoms with van der Waals surface area (Å²) in [4.78, 5) is 25.0. The number of nitrogens with one attached hydrogen (secondary N) is 2. The van der Waals surface area contributed by atoms with E-state index in [1.165, 1.54) is 30.5 Å². The van der Waals surface area contributed by atoms with Crippen molar-refractivity contribution in [2.45, 2.75) is 18.7 Å². The van der Waals surface area contributed by atoms with E-state index >= 15 is 0 Å². The van der Waals surface area contributed by atoms with E-state index in [0.717, 1.165) is 5.56 Å². The molecular weight excluding hydrogens is 392 g/mol. The van der Waals surface area contributed by atoms with Gasteiger partial charge < -0.3 is 15.1 Å². The minimum absolute atomic E-state index is 0.00851. The molecule has 0 spiro atoms. The monoisotopic (exact) mass is 412 g/mol. The lowest BCUT2D eigenvalue weighted by molar-refractivity contribution is 0.0993. The molecule has 0 atom stereocenters. The highest BCUT2D eigenvalue weighted by Crippen LogP contribution is 2.20. The van der Waals surface area contributed by atoms with Gasteiger partial charge in [-0.3, -0.25) is 9.59 Å². The summed E-state index contributed by atoms with van der Waals surface area (Å²) in [5, 5.41) is 5.44. The molecular formula is C21H20N2O5S. The van der Waals surface area contributed by atoms with Gasteiger partial charge in [-0.15, -0.1) is 0 Å². The van der Waals surface area contributed by atoms with Gasteiger partial charge in [-0.2, -0.15) is 0 Å². The number of benzene rings is 2. The number of furan rings is 1. The minimum Gasteiger partial charge on any atom is -0.459 e. The first-order valence-electron chi connectivity index (χ1n) is 8.90. The average Bonchev–Trinajstić information content (AvgIpc) is 3.25. The second-order valence-electron chi connectivity index (χ2n) is 6.34. The predicted octanol–water partition coefficient (Wildman–Crippen LogP) is 3.89. The number of amides is 2. The molecule has 150 valence electrons. The van der Waals surface area contributed by atoms with Gasteiger partial charge in [-0.1, -0.05) is 13.0 Å². The van der Waals surface area contributed by atoms with Gasteiger partial charge in [-0.25, -0.2) is 8.42 Å². The first-order chi connectivity index (χ1) is 13.8. The Balaban J connectivity index is 1.75. The van der Waals surface area contributed by atoms with Crippen LogP contribution in [0.1, 0.15) is 33.4 Å². The summed E-state index contributed by atoms with van der Waals surface area (Å²) < 4.78 is 28.8. The highest BCUT2D eigenvalue weighted by Gasteiger charge is 2.14. The molecule has 7 nitrogen and oxygen atoms in total. The van der Waals surface area contributed by atoms with Gasteiger partial charge in [0.05, 0.1) is 16.9 Å². The lowest BCUT2D eigenvalue weighted by Gasteiger charge is -2.11. The lowest BCUT2D eigenvalue weighted by atomic mass is 10.1. The summed E-state index contributed by atoms with van der Waals surface area (Å²) in [6, 6.07) is 14.1. The third-order valence-electron chi connectivity index (χ3n) is 4.34. The fourth-order valence-electron chi connectivity index (χ4n) is 2.61. The Bertz CT molecular complexity index is 1130. The summed E-state index contributed by atoms with van der Waals surface area (Å²) in [7, 11) is -3.30. The maximum Gasteiger partial charge on any atom is 0.291 e. The van der Waals surface area contributed by atoms with Crippen LogP contribution in [0.2, 0.25) is 0 Å². The first kappa shape index (κ1) is 20.3. The zero-order valence-electron chi connectivity index (χ0n) is 15.9. The molecule has 2 aromatic carbocycles. The fraction of sp³-hybridized carbons (Fsp3) is 0.143. The van der Waals surface area contributed by atoms with E-state index < -0.39 is 15.7 Å². The molecule has 0 fully saturated rings. The Labute approximate surface area is 168 Å². The fourth-order valence-corrected chi connectivity index (χ4v) is 3.49. The van der Waals surface area contributed by atoms with Crippen LogP contribution in [0.15, 0.2) is 70.2 Å². The van der Waals surface area contributed by atoms with Gasteiger partial charge in [-0.05, 0) is 61.0 Å². The van der Waals surface area contributed by atoms with Crippen LogP contribution in [0.4, 0.5) is 11.4 Å². The molecule has 1 heterocycles. The van der Waals surface area contributed by atoms with Gasteiger partial charge in [0.1, 0.15) is 0 Å². The molecule has 2 N–H and O–H groups in total. The Hall–Kier alpha value is -3.39. The molecule has 2 amide bonds. The van der Waals surface area contributed by atoms with Crippen molar-refractivity contribution in [2.24, 2.45) is 0 Å². The third-order valence-corrected chi connectivity index (χ3v) is 6.09. The summed E-state index contributed by atoms with van der Waals surface area (Å²) in [5.74, 6) is -0.622. The molecule has 0 saturated heterocycles. The van der Waals surface area contributed by atoms with E-state index in [2.05, 4.69) is 10.6 Å². The van der Waals surface area contributed by atoms with Gasteiger partial charge in [0.25, 0.3) is 11.8 Å². The van der Waals surface area contributed by atoms with Crippen molar-refractivity contribution in [1.82, 2.24) is 0 Å². The second-order valence-corrected chi connectivity index (χ2v) is 8.62. The SMILES string of the molecule is CCS(=O)(=O)c1ccc(NC(=O)c2ccc(C)c(NC(=O)c3ccco3)c2)cc1. The normalized spacial score (nSPS) is 11.1. The van der Waals surface area contributed by atoms with E-state index in [4.69, 9.17) is 4.42 Å². The first-order valence-corrected chi connectivity index (χ1v) is 10.5. The number of anilines is 2. The van der Waals surface area contributed by atoms with Crippen LogP contribution in [0, 0.1) is 6.92 Å². The van der Waals surface area contributed by atoms with Crippen molar-refractivity contribution in [3.63, 3.8) is 0 Å². The van der Waals surface area contributed by atoms with Gasteiger partial charge in [0.2, 0.25) is 0 Å². The Morgan fingerprint density at radius 1 is 0.966 bits per heavy atom. The van der Waals surface area contributed by atoms with Crippen molar-refractivity contribution in [3.05, 3.63) is 77.7 Å². The highest BCUT2D eigenvalue weighted by molar-refractivity contribution is 7.91. The van der Waals surface area contributed by atoms with Crippen LogP contribution in [0.3, 0.4) is 0 Å². The van der Waals surface area contributed by atoms with Crippen LogP contribution in [0.25, 0.3) is 0 Å². The van der Waals surface area contributed by atoms with Gasteiger partial charge in [0, 0.05) is 16.9 Å². The van der Waals surface area contributed by atoms with Gasteiger partial charge >= 0.3 is 0 Å². The summed E-state index contributed by atoms with van der Waals surface area (Å²) in [6.07, 6.45) is 1.41. The third kappa shape index (κ3) is 4.72. The van der Waals surface area contributed by atoms with Gasteiger partial charge in [0.15, 0.2) is 15.6 Å². The zero-order chi connectivity index (χ0) is 21.0. The smallest absolute Gasteiger partial charge is 0.291 e. The largest absolute Gasteiger partial charge is 0.459 e. The molecule has 0 saturated carbocycles. The van der Waals surface area contributed by atoms with Crippen molar-refractivity contribution in [2.75, 3.05) is 16.4 Å². The Morgan fingerprint density at radius 3 is 2.31 bits per heavy atom. The molecule has 0 radical (unpaired) electrons. The zero-order valence-corrected chi connectivity index (χ0v) is 16.7. The van der Waals surface area contributed by atoms with Crippen LogP contribution in [-0.2, 0) is 9.84 Å². The van der Waals surface area contributed by atoms with E-state index in [0.29, 0.717) is 16.9 Å². The van der Waals surface area contributed by atoms with Crippen molar-refractivity contribution in [1.29, 1.82) is 0 Å².